The van der Waals surface area contributed by atoms with Crippen LogP contribution in [0.3, 0.4) is 0 Å². The zero-order valence-electron chi connectivity index (χ0n) is 15.4. The average Bonchev–Trinajstić information content (AvgIpc) is 2.65. The fourth-order valence-electron chi connectivity index (χ4n) is 2.51. The summed E-state index contributed by atoms with van der Waals surface area (Å²) in [6, 6.07) is 8.13. The molecule has 3 rings (SSSR count). The van der Waals surface area contributed by atoms with Crippen LogP contribution in [0, 0.1) is 18.6 Å². The average molecular weight is 389 g/mol. The summed E-state index contributed by atoms with van der Waals surface area (Å²) in [5, 5.41) is 0. The summed E-state index contributed by atoms with van der Waals surface area (Å²) in [6.45, 7) is 3.67. The largest absolute Gasteiger partial charge is 0.490 e. The summed E-state index contributed by atoms with van der Waals surface area (Å²) in [6.07, 6.45) is 0. The number of aromatic nitrogens is 3. The Labute approximate surface area is 158 Å². The van der Waals surface area contributed by atoms with Gasteiger partial charge in [-0.3, -0.25) is 4.79 Å². The number of ether oxygens (including phenoxy) is 2. The Hall–Kier alpha value is -3.49. The molecule has 0 saturated carbocycles. The monoisotopic (exact) mass is 389 g/mol. The van der Waals surface area contributed by atoms with Crippen LogP contribution in [0.5, 0.6) is 17.4 Å². The predicted molar refractivity (Wildman–Crippen MR) is 97.4 cm³/mol. The van der Waals surface area contributed by atoms with Gasteiger partial charge in [0, 0.05) is 24.9 Å². The van der Waals surface area contributed by atoms with Gasteiger partial charge in [-0.15, -0.1) is 0 Å². The van der Waals surface area contributed by atoms with E-state index in [1.165, 1.54) is 13.1 Å². The highest BCUT2D eigenvalue weighted by Crippen LogP contribution is 2.32. The SMILES string of the molecule is CCOc1ccccc1Oc1nc(-n2c(=O)cc(C)n(C)c2=O)c(F)cc1F. The van der Waals surface area contributed by atoms with Crippen molar-refractivity contribution in [3.63, 3.8) is 0 Å². The quantitative estimate of drug-likeness (QED) is 0.671. The molecule has 9 heteroatoms. The van der Waals surface area contributed by atoms with Crippen LogP contribution in [-0.2, 0) is 7.05 Å². The lowest BCUT2D eigenvalue weighted by molar-refractivity contribution is 0.315. The van der Waals surface area contributed by atoms with Gasteiger partial charge in [0.1, 0.15) is 0 Å². The van der Waals surface area contributed by atoms with E-state index in [9.17, 15) is 18.4 Å². The Kier molecular flexibility index (Phi) is 5.25. The first-order chi connectivity index (χ1) is 13.3. The van der Waals surface area contributed by atoms with Crippen LogP contribution in [0.2, 0.25) is 0 Å². The molecule has 3 aromatic rings. The van der Waals surface area contributed by atoms with Crippen LogP contribution in [0.15, 0.2) is 46.0 Å². The van der Waals surface area contributed by atoms with Crippen molar-refractivity contribution in [2.45, 2.75) is 13.8 Å². The molecular weight excluding hydrogens is 372 g/mol. The molecule has 0 fully saturated rings. The molecule has 2 aromatic heterocycles. The summed E-state index contributed by atoms with van der Waals surface area (Å²) >= 11 is 0. The van der Waals surface area contributed by atoms with E-state index in [0.717, 1.165) is 10.6 Å². The number of hydrogen-bond donors (Lipinski definition) is 0. The summed E-state index contributed by atoms with van der Waals surface area (Å²) in [7, 11) is 1.42. The third-order valence-electron chi connectivity index (χ3n) is 4.01. The minimum absolute atomic E-state index is 0.150. The third kappa shape index (κ3) is 3.51. The van der Waals surface area contributed by atoms with Crippen LogP contribution in [0.25, 0.3) is 5.82 Å². The van der Waals surface area contributed by atoms with Gasteiger partial charge in [0.15, 0.2) is 29.0 Å². The van der Waals surface area contributed by atoms with Gasteiger partial charge in [-0.1, -0.05) is 12.1 Å². The second-order valence-electron chi connectivity index (χ2n) is 5.86. The van der Waals surface area contributed by atoms with E-state index in [1.54, 1.807) is 32.0 Å². The third-order valence-corrected chi connectivity index (χ3v) is 4.01. The van der Waals surface area contributed by atoms with E-state index < -0.39 is 34.6 Å². The molecule has 7 nitrogen and oxygen atoms in total. The van der Waals surface area contributed by atoms with Crippen molar-refractivity contribution < 1.29 is 18.3 Å². The molecule has 0 aliphatic rings. The number of pyridine rings is 1. The zero-order chi connectivity index (χ0) is 20.4. The number of aryl methyl sites for hydroxylation is 1. The molecule has 0 atom stereocenters. The Morgan fingerprint density at radius 2 is 1.75 bits per heavy atom. The summed E-state index contributed by atoms with van der Waals surface area (Å²) in [5.74, 6) is -3.04. The number of para-hydroxylation sites is 2. The Bertz CT molecular complexity index is 1150. The highest BCUT2D eigenvalue weighted by atomic mass is 19.1. The molecule has 0 unspecified atom stereocenters. The minimum Gasteiger partial charge on any atom is -0.490 e. The molecule has 0 aliphatic heterocycles. The Morgan fingerprint density at radius 3 is 2.43 bits per heavy atom. The molecule has 0 N–H and O–H groups in total. The van der Waals surface area contributed by atoms with Gasteiger partial charge in [-0.25, -0.2) is 18.1 Å². The van der Waals surface area contributed by atoms with Crippen molar-refractivity contribution in [1.82, 2.24) is 14.1 Å². The maximum absolute atomic E-state index is 14.4. The van der Waals surface area contributed by atoms with Gasteiger partial charge in [0.25, 0.3) is 11.4 Å². The van der Waals surface area contributed by atoms with E-state index in [4.69, 9.17) is 9.47 Å². The van der Waals surface area contributed by atoms with E-state index in [0.29, 0.717) is 28.7 Å². The predicted octanol–water partition coefficient (Wildman–Crippen LogP) is 2.71. The van der Waals surface area contributed by atoms with Crippen molar-refractivity contribution >= 4 is 0 Å². The lowest BCUT2D eigenvalue weighted by Gasteiger charge is -2.13. The Balaban J connectivity index is 2.15. The van der Waals surface area contributed by atoms with Gasteiger partial charge < -0.3 is 14.0 Å². The van der Waals surface area contributed by atoms with Gasteiger partial charge in [-0.2, -0.15) is 4.98 Å². The highest BCUT2D eigenvalue weighted by Gasteiger charge is 2.20. The van der Waals surface area contributed by atoms with Crippen molar-refractivity contribution in [3.05, 3.63) is 74.6 Å². The first-order valence-electron chi connectivity index (χ1n) is 8.39. The molecule has 0 saturated heterocycles. The molecule has 146 valence electrons. The van der Waals surface area contributed by atoms with Crippen molar-refractivity contribution in [2.75, 3.05) is 6.61 Å². The molecule has 0 amide bonds. The number of hydrogen-bond acceptors (Lipinski definition) is 5. The molecule has 2 heterocycles. The van der Waals surface area contributed by atoms with E-state index >= 15 is 0 Å². The summed E-state index contributed by atoms with van der Waals surface area (Å²) < 4.78 is 41.1. The zero-order valence-corrected chi connectivity index (χ0v) is 15.4. The minimum atomic E-state index is -1.18. The number of rotatable bonds is 5. The molecule has 0 aliphatic carbocycles. The summed E-state index contributed by atoms with van der Waals surface area (Å²) in [5.41, 5.74) is -1.22. The van der Waals surface area contributed by atoms with Crippen molar-refractivity contribution in [3.8, 4) is 23.2 Å². The van der Waals surface area contributed by atoms with Gasteiger partial charge >= 0.3 is 5.69 Å². The molecule has 0 spiro atoms. The molecule has 1 aromatic carbocycles. The smallest absolute Gasteiger partial charge is 0.336 e. The molecule has 0 bridgehead atoms. The van der Waals surface area contributed by atoms with Crippen molar-refractivity contribution in [1.29, 1.82) is 0 Å². The van der Waals surface area contributed by atoms with E-state index in [1.807, 2.05) is 0 Å². The number of nitrogens with zero attached hydrogens (tertiary/aromatic N) is 3. The molecule has 0 radical (unpaired) electrons. The van der Waals surface area contributed by atoms with Gasteiger partial charge in [0.05, 0.1) is 6.61 Å². The lowest BCUT2D eigenvalue weighted by Crippen LogP contribution is -2.39. The van der Waals surface area contributed by atoms with Gasteiger partial charge in [-0.05, 0) is 26.0 Å². The number of benzene rings is 1. The van der Waals surface area contributed by atoms with E-state index in [2.05, 4.69) is 4.98 Å². The van der Waals surface area contributed by atoms with Crippen LogP contribution < -0.4 is 20.7 Å². The first-order valence-corrected chi connectivity index (χ1v) is 8.39. The maximum atomic E-state index is 14.4. The number of halogens is 2. The topological polar surface area (TPSA) is 75.3 Å². The molecule has 28 heavy (non-hydrogen) atoms. The second-order valence-corrected chi connectivity index (χ2v) is 5.86. The van der Waals surface area contributed by atoms with Crippen LogP contribution in [-0.4, -0.2) is 20.7 Å². The van der Waals surface area contributed by atoms with Crippen LogP contribution in [0.4, 0.5) is 8.78 Å². The summed E-state index contributed by atoms with van der Waals surface area (Å²) in [4.78, 5) is 28.4. The molecular formula is C19H17F2N3O4. The van der Waals surface area contributed by atoms with Crippen LogP contribution in [0.1, 0.15) is 12.6 Å². The fraction of sp³-hybridized carbons (Fsp3) is 0.211. The van der Waals surface area contributed by atoms with E-state index in [-0.39, 0.29) is 5.75 Å². The standard InChI is InChI=1S/C19H17F2N3O4/c1-4-27-14-7-5-6-8-15(14)28-18-13(21)10-12(20)17(22-18)24-16(25)9-11(2)23(3)19(24)26/h5-10H,4H2,1-3H3. The maximum Gasteiger partial charge on any atom is 0.336 e. The second kappa shape index (κ2) is 7.63. The van der Waals surface area contributed by atoms with Gasteiger partial charge in [0.2, 0.25) is 0 Å². The van der Waals surface area contributed by atoms with Crippen LogP contribution >= 0.6 is 0 Å². The Morgan fingerprint density at radius 1 is 1.07 bits per heavy atom. The fourth-order valence-corrected chi connectivity index (χ4v) is 2.51. The lowest BCUT2D eigenvalue weighted by atomic mass is 10.3. The van der Waals surface area contributed by atoms with Crippen molar-refractivity contribution in [2.24, 2.45) is 7.05 Å². The first kappa shape index (κ1) is 19.3. The highest BCUT2D eigenvalue weighted by molar-refractivity contribution is 5.42. The normalized spacial score (nSPS) is 10.8.